The molecular formula is C20H24N4O3. The van der Waals surface area contributed by atoms with E-state index in [0.717, 1.165) is 18.4 Å². The summed E-state index contributed by atoms with van der Waals surface area (Å²) in [6.07, 6.45) is 1.98. The van der Waals surface area contributed by atoms with Gasteiger partial charge < -0.3 is 21.5 Å². The van der Waals surface area contributed by atoms with Gasteiger partial charge in [-0.1, -0.05) is 25.5 Å². The van der Waals surface area contributed by atoms with Crippen molar-refractivity contribution >= 4 is 23.5 Å². The van der Waals surface area contributed by atoms with Crippen LogP contribution < -0.4 is 16.8 Å². The van der Waals surface area contributed by atoms with Gasteiger partial charge >= 0.3 is 5.97 Å². The highest BCUT2D eigenvalue weighted by Gasteiger charge is 2.09. The van der Waals surface area contributed by atoms with E-state index in [1.54, 1.807) is 48.5 Å². The lowest BCUT2D eigenvalue weighted by Crippen LogP contribution is -2.24. The van der Waals surface area contributed by atoms with Gasteiger partial charge in [0.15, 0.2) is 5.96 Å². The lowest BCUT2D eigenvalue weighted by atomic mass is 10.1. The van der Waals surface area contributed by atoms with Gasteiger partial charge in [-0.2, -0.15) is 0 Å². The van der Waals surface area contributed by atoms with Crippen molar-refractivity contribution in [1.82, 2.24) is 5.32 Å². The maximum Gasteiger partial charge on any atom is 0.338 e. The van der Waals surface area contributed by atoms with Crippen LogP contribution in [0.4, 0.5) is 5.69 Å². The van der Waals surface area contributed by atoms with E-state index in [1.807, 2.05) is 0 Å². The topological polar surface area (TPSA) is 120 Å². The lowest BCUT2D eigenvalue weighted by Gasteiger charge is -2.07. The molecule has 0 saturated carbocycles. The van der Waals surface area contributed by atoms with E-state index in [2.05, 4.69) is 17.2 Å². The smallest absolute Gasteiger partial charge is 0.338 e. The van der Waals surface area contributed by atoms with E-state index in [0.29, 0.717) is 23.4 Å². The molecule has 5 N–H and O–H groups in total. The van der Waals surface area contributed by atoms with Gasteiger partial charge in [0.2, 0.25) is 0 Å². The standard InChI is InChI=1S/C20H24N4O3/c1-2-3-12-23-18(25)15-6-4-14(5-7-15)13-27-19(26)16-8-10-17(11-9-16)24-20(21)22/h4-11H,2-3,12-13H2,1H3,(H,23,25)(H4,21,22,24). The molecule has 7 heteroatoms. The SMILES string of the molecule is CCCCNC(=O)c1ccc(COC(=O)c2ccc(N=C(N)N)cc2)cc1. The Morgan fingerprint density at radius 1 is 1.00 bits per heavy atom. The number of guanidine groups is 1. The fourth-order valence-corrected chi connectivity index (χ4v) is 2.29. The molecule has 0 heterocycles. The first kappa shape index (κ1) is 20.0. The summed E-state index contributed by atoms with van der Waals surface area (Å²) in [5.41, 5.74) is 12.9. The summed E-state index contributed by atoms with van der Waals surface area (Å²) < 4.78 is 5.29. The number of esters is 1. The summed E-state index contributed by atoms with van der Waals surface area (Å²) in [7, 11) is 0. The molecule has 0 aliphatic heterocycles. The number of unbranched alkanes of at least 4 members (excludes halogenated alkanes) is 1. The molecule has 0 aliphatic rings. The molecule has 1 amide bonds. The van der Waals surface area contributed by atoms with Crippen LogP contribution in [0.5, 0.6) is 0 Å². The molecule has 142 valence electrons. The number of nitrogens with zero attached hydrogens (tertiary/aromatic N) is 1. The van der Waals surface area contributed by atoms with Gasteiger partial charge in [-0.3, -0.25) is 4.79 Å². The van der Waals surface area contributed by atoms with Crippen molar-refractivity contribution in [2.75, 3.05) is 6.54 Å². The summed E-state index contributed by atoms with van der Waals surface area (Å²) in [5.74, 6) is -0.603. The van der Waals surface area contributed by atoms with E-state index in [1.165, 1.54) is 0 Å². The summed E-state index contributed by atoms with van der Waals surface area (Å²) in [5, 5.41) is 2.86. The Bertz CT molecular complexity index is 795. The molecule has 0 radical (unpaired) electrons. The van der Waals surface area contributed by atoms with E-state index in [-0.39, 0.29) is 18.5 Å². The number of ether oxygens (including phenoxy) is 1. The zero-order chi connectivity index (χ0) is 19.6. The van der Waals surface area contributed by atoms with Crippen LogP contribution in [-0.4, -0.2) is 24.4 Å². The third-order valence-corrected chi connectivity index (χ3v) is 3.76. The number of nitrogens with two attached hydrogens (primary N) is 2. The van der Waals surface area contributed by atoms with Crippen LogP contribution in [0.3, 0.4) is 0 Å². The molecular weight excluding hydrogens is 344 g/mol. The quantitative estimate of drug-likeness (QED) is 0.286. The highest BCUT2D eigenvalue weighted by Crippen LogP contribution is 2.14. The molecule has 0 fully saturated rings. The molecule has 0 unspecified atom stereocenters. The Labute approximate surface area is 158 Å². The van der Waals surface area contributed by atoms with Crippen LogP contribution >= 0.6 is 0 Å². The summed E-state index contributed by atoms with van der Waals surface area (Å²) in [6, 6.07) is 13.4. The van der Waals surface area contributed by atoms with Gasteiger partial charge in [0, 0.05) is 12.1 Å². The average Bonchev–Trinajstić information content (AvgIpc) is 2.66. The minimum absolute atomic E-state index is 0.0483. The normalized spacial score (nSPS) is 10.1. The van der Waals surface area contributed by atoms with Crippen molar-refractivity contribution in [3.8, 4) is 0 Å². The number of rotatable bonds is 8. The fraction of sp³-hybridized carbons (Fsp3) is 0.250. The molecule has 27 heavy (non-hydrogen) atoms. The molecule has 0 aliphatic carbocycles. The van der Waals surface area contributed by atoms with Crippen molar-refractivity contribution in [3.63, 3.8) is 0 Å². The summed E-state index contributed by atoms with van der Waals surface area (Å²) in [4.78, 5) is 27.9. The second-order valence-corrected chi connectivity index (χ2v) is 5.97. The number of amides is 1. The zero-order valence-electron chi connectivity index (χ0n) is 15.3. The van der Waals surface area contributed by atoms with Gasteiger partial charge in [-0.05, 0) is 48.4 Å². The monoisotopic (exact) mass is 368 g/mol. The van der Waals surface area contributed by atoms with Gasteiger partial charge in [-0.15, -0.1) is 0 Å². The predicted octanol–water partition coefficient (Wildman–Crippen LogP) is 2.48. The van der Waals surface area contributed by atoms with Gasteiger partial charge in [0.25, 0.3) is 5.91 Å². The van der Waals surface area contributed by atoms with Crippen LogP contribution in [0.15, 0.2) is 53.5 Å². The van der Waals surface area contributed by atoms with Crippen LogP contribution in [0.1, 0.15) is 46.0 Å². The van der Waals surface area contributed by atoms with E-state index < -0.39 is 5.97 Å². The molecule has 2 aromatic rings. The molecule has 0 aromatic heterocycles. The molecule has 0 spiro atoms. The maximum atomic E-state index is 12.1. The van der Waals surface area contributed by atoms with Crippen LogP contribution in [0, 0.1) is 0 Å². The Morgan fingerprint density at radius 2 is 1.63 bits per heavy atom. The largest absolute Gasteiger partial charge is 0.457 e. The summed E-state index contributed by atoms with van der Waals surface area (Å²) >= 11 is 0. The molecule has 0 atom stereocenters. The number of aliphatic imine (C=N–C) groups is 1. The van der Waals surface area contributed by atoms with Crippen molar-refractivity contribution in [2.24, 2.45) is 16.5 Å². The number of carbonyl (C=O) groups excluding carboxylic acids is 2. The van der Waals surface area contributed by atoms with Gasteiger partial charge in [0.05, 0.1) is 11.3 Å². The Kier molecular flexibility index (Phi) is 7.37. The van der Waals surface area contributed by atoms with E-state index in [4.69, 9.17) is 16.2 Å². The minimum Gasteiger partial charge on any atom is -0.457 e. The lowest BCUT2D eigenvalue weighted by molar-refractivity contribution is 0.0472. The van der Waals surface area contributed by atoms with Crippen molar-refractivity contribution in [1.29, 1.82) is 0 Å². The van der Waals surface area contributed by atoms with Crippen LogP contribution in [0.2, 0.25) is 0 Å². The molecule has 2 aromatic carbocycles. The number of hydrogen-bond acceptors (Lipinski definition) is 4. The fourth-order valence-electron chi connectivity index (χ4n) is 2.29. The number of nitrogens with one attached hydrogen (secondary N) is 1. The highest BCUT2D eigenvalue weighted by atomic mass is 16.5. The van der Waals surface area contributed by atoms with Crippen molar-refractivity contribution in [3.05, 3.63) is 65.2 Å². The average molecular weight is 368 g/mol. The van der Waals surface area contributed by atoms with Gasteiger partial charge in [0.1, 0.15) is 6.61 Å². The molecule has 7 nitrogen and oxygen atoms in total. The molecule has 0 bridgehead atoms. The molecule has 2 rings (SSSR count). The van der Waals surface area contributed by atoms with E-state index in [9.17, 15) is 9.59 Å². The Balaban J connectivity index is 1.87. The first-order valence-corrected chi connectivity index (χ1v) is 8.73. The second-order valence-electron chi connectivity index (χ2n) is 5.97. The first-order valence-electron chi connectivity index (χ1n) is 8.73. The number of hydrogen-bond donors (Lipinski definition) is 3. The maximum absolute atomic E-state index is 12.1. The summed E-state index contributed by atoms with van der Waals surface area (Å²) in [6.45, 7) is 2.85. The highest BCUT2D eigenvalue weighted by molar-refractivity contribution is 5.94. The predicted molar refractivity (Wildman–Crippen MR) is 105 cm³/mol. The first-order chi connectivity index (χ1) is 13.0. The van der Waals surface area contributed by atoms with E-state index >= 15 is 0 Å². The molecule has 0 saturated heterocycles. The number of benzene rings is 2. The Hall–Kier alpha value is -3.35. The van der Waals surface area contributed by atoms with Crippen molar-refractivity contribution in [2.45, 2.75) is 26.4 Å². The third kappa shape index (κ3) is 6.47. The number of carbonyl (C=O) groups is 2. The minimum atomic E-state index is -0.451. The Morgan fingerprint density at radius 3 is 2.22 bits per heavy atom. The second kappa shape index (κ2) is 9.96. The van der Waals surface area contributed by atoms with Gasteiger partial charge in [-0.25, -0.2) is 9.79 Å². The van der Waals surface area contributed by atoms with Crippen LogP contribution in [0.25, 0.3) is 0 Å². The van der Waals surface area contributed by atoms with Crippen molar-refractivity contribution < 1.29 is 14.3 Å². The third-order valence-electron chi connectivity index (χ3n) is 3.76. The zero-order valence-corrected chi connectivity index (χ0v) is 15.3. The van der Waals surface area contributed by atoms with Crippen LogP contribution in [-0.2, 0) is 11.3 Å².